The molecule has 0 saturated heterocycles. The van der Waals surface area contributed by atoms with Crippen LogP contribution in [0.25, 0.3) is 0 Å². The van der Waals surface area contributed by atoms with Crippen LogP contribution in [0.4, 0.5) is 10.5 Å². The summed E-state index contributed by atoms with van der Waals surface area (Å²) < 4.78 is 5.18. The summed E-state index contributed by atoms with van der Waals surface area (Å²) in [6.07, 6.45) is 2.82. The quantitative estimate of drug-likeness (QED) is 0.699. The number of carbonyl (C=O) groups is 1. The number of para-hydroxylation sites is 1. The fourth-order valence-corrected chi connectivity index (χ4v) is 2.10. The average Bonchev–Trinajstić information content (AvgIpc) is 2.45. The van der Waals surface area contributed by atoms with Crippen LogP contribution >= 0.6 is 0 Å². The van der Waals surface area contributed by atoms with E-state index in [1.54, 1.807) is 0 Å². The van der Waals surface area contributed by atoms with E-state index in [9.17, 15) is 4.79 Å². The molecule has 4 nitrogen and oxygen atoms in total. The van der Waals surface area contributed by atoms with E-state index in [-0.39, 0.29) is 6.09 Å². The second-order valence-electron chi connectivity index (χ2n) is 4.82. The van der Waals surface area contributed by atoms with E-state index in [2.05, 4.69) is 24.1 Å². The Balaban J connectivity index is 2.15. The van der Waals surface area contributed by atoms with E-state index in [1.807, 2.05) is 30.3 Å². The molecule has 4 heteroatoms. The second kappa shape index (κ2) is 10.3. The zero-order chi connectivity index (χ0) is 14.6. The largest absolute Gasteiger partial charge is 0.449 e. The Morgan fingerprint density at radius 1 is 1.10 bits per heavy atom. The van der Waals surface area contributed by atoms with Gasteiger partial charge < -0.3 is 9.64 Å². The molecule has 0 unspecified atom stereocenters. The van der Waals surface area contributed by atoms with Gasteiger partial charge in [0.15, 0.2) is 0 Å². The molecule has 1 rings (SSSR count). The fraction of sp³-hybridized carbons (Fsp3) is 0.562. The molecule has 1 aromatic rings. The van der Waals surface area contributed by atoms with Crippen molar-refractivity contribution in [3.05, 3.63) is 30.3 Å². The lowest BCUT2D eigenvalue weighted by molar-refractivity contribution is 0.152. The standard InChI is InChI=1S/C16H26N2O2/c1-3-11-18(12-4-2)13-8-14-20-16(19)17-15-9-6-5-7-10-15/h5-7,9-10H,3-4,8,11-14H2,1-2H3,(H,17,19). The third-order valence-corrected chi connectivity index (χ3v) is 2.95. The molecule has 1 amide bonds. The number of rotatable bonds is 9. The van der Waals surface area contributed by atoms with Gasteiger partial charge in [0.05, 0.1) is 6.61 Å². The zero-order valence-corrected chi connectivity index (χ0v) is 12.6. The summed E-state index contributed by atoms with van der Waals surface area (Å²) >= 11 is 0. The number of benzene rings is 1. The maximum Gasteiger partial charge on any atom is 0.411 e. The Labute approximate surface area is 122 Å². The van der Waals surface area contributed by atoms with Gasteiger partial charge in [-0.15, -0.1) is 0 Å². The predicted octanol–water partition coefficient (Wildman–Crippen LogP) is 3.75. The molecular weight excluding hydrogens is 252 g/mol. The number of ether oxygens (including phenoxy) is 1. The summed E-state index contributed by atoms with van der Waals surface area (Å²) in [7, 11) is 0. The molecule has 20 heavy (non-hydrogen) atoms. The molecule has 0 spiro atoms. The maximum absolute atomic E-state index is 11.6. The van der Waals surface area contributed by atoms with Crippen molar-refractivity contribution in [1.29, 1.82) is 0 Å². The van der Waals surface area contributed by atoms with Gasteiger partial charge in [-0.3, -0.25) is 5.32 Å². The zero-order valence-electron chi connectivity index (χ0n) is 12.6. The van der Waals surface area contributed by atoms with E-state index in [1.165, 1.54) is 0 Å². The molecule has 0 aliphatic heterocycles. The summed E-state index contributed by atoms with van der Waals surface area (Å²) in [5.41, 5.74) is 0.760. The van der Waals surface area contributed by atoms with Crippen LogP contribution in [-0.4, -0.2) is 37.2 Å². The molecule has 0 aliphatic carbocycles. The van der Waals surface area contributed by atoms with Crippen LogP contribution in [0.5, 0.6) is 0 Å². The summed E-state index contributed by atoms with van der Waals surface area (Å²) in [5, 5.41) is 2.71. The first-order valence-electron chi connectivity index (χ1n) is 7.47. The van der Waals surface area contributed by atoms with E-state index >= 15 is 0 Å². The number of amides is 1. The molecule has 112 valence electrons. The summed E-state index contributed by atoms with van der Waals surface area (Å²) in [4.78, 5) is 14.0. The normalized spacial score (nSPS) is 10.6. The first kappa shape index (κ1) is 16.5. The van der Waals surface area contributed by atoms with Crippen molar-refractivity contribution in [3.63, 3.8) is 0 Å². The van der Waals surface area contributed by atoms with Gasteiger partial charge in [-0.1, -0.05) is 32.0 Å². The van der Waals surface area contributed by atoms with Crippen LogP contribution in [0.1, 0.15) is 33.1 Å². The Morgan fingerprint density at radius 3 is 2.35 bits per heavy atom. The van der Waals surface area contributed by atoms with Crippen LogP contribution in [0.3, 0.4) is 0 Å². The first-order valence-corrected chi connectivity index (χ1v) is 7.47. The highest BCUT2D eigenvalue weighted by Crippen LogP contribution is 2.05. The molecule has 0 aliphatic rings. The number of carbonyl (C=O) groups excluding carboxylic acids is 1. The molecule has 0 heterocycles. The molecule has 0 saturated carbocycles. The molecule has 0 bridgehead atoms. The number of anilines is 1. The van der Waals surface area contributed by atoms with Crippen molar-refractivity contribution >= 4 is 11.8 Å². The van der Waals surface area contributed by atoms with Crippen molar-refractivity contribution in [3.8, 4) is 0 Å². The summed E-state index contributed by atoms with van der Waals surface area (Å²) in [6.45, 7) is 8.05. The van der Waals surface area contributed by atoms with Crippen molar-refractivity contribution < 1.29 is 9.53 Å². The second-order valence-corrected chi connectivity index (χ2v) is 4.82. The molecule has 0 radical (unpaired) electrons. The van der Waals surface area contributed by atoms with Crippen molar-refractivity contribution in [2.45, 2.75) is 33.1 Å². The third kappa shape index (κ3) is 7.14. The van der Waals surface area contributed by atoms with Gasteiger partial charge in [0, 0.05) is 12.2 Å². The Kier molecular flexibility index (Phi) is 8.47. The van der Waals surface area contributed by atoms with Crippen LogP contribution in [0.15, 0.2) is 30.3 Å². The summed E-state index contributed by atoms with van der Waals surface area (Å²) in [5.74, 6) is 0. The molecule has 1 aromatic carbocycles. The molecule has 0 aromatic heterocycles. The van der Waals surface area contributed by atoms with Gasteiger partial charge in [-0.05, 0) is 44.5 Å². The minimum Gasteiger partial charge on any atom is -0.449 e. The van der Waals surface area contributed by atoms with Crippen LogP contribution in [0, 0.1) is 0 Å². The Hall–Kier alpha value is -1.55. The van der Waals surface area contributed by atoms with E-state index in [0.29, 0.717) is 6.61 Å². The minimum absolute atomic E-state index is 0.381. The van der Waals surface area contributed by atoms with Crippen LogP contribution in [0.2, 0.25) is 0 Å². The number of hydrogen-bond acceptors (Lipinski definition) is 3. The number of hydrogen-bond donors (Lipinski definition) is 1. The SMILES string of the molecule is CCCN(CCC)CCCOC(=O)Nc1ccccc1. The Morgan fingerprint density at radius 2 is 1.75 bits per heavy atom. The topological polar surface area (TPSA) is 41.6 Å². The minimum atomic E-state index is -0.381. The van der Waals surface area contributed by atoms with Crippen molar-refractivity contribution in [1.82, 2.24) is 4.90 Å². The third-order valence-electron chi connectivity index (χ3n) is 2.95. The summed E-state index contributed by atoms with van der Waals surface area (Å²) in [6, 6.07) is 9.34. The molecule has 1 N–H and O–H groups in total. The van der Waals surface area contributed by atoms with E-state index < -0.39 is 0 Å². The lowest BCUT2D eigenvalue weighted by Crippen LogP contribution is -2.27. The maximum atomic E-state index is 11.6. The van der Waals surface area contributed by atoms with Crippen molar-refractivity contribution in [2.24, 2.45) is 0 Å². The van der Waals surface area contributed by atoms with Gasteiger partial charge in [0.25, 0.3) is 0 Å². The first-order chi connectivity index (χ1) is 9.76. The average molecular weight is 278 g/mol. The van der Waals surface area contributed by atoms with Gasteiger partial charge in [0.1, 0.15) is 0 Å². The van der Waals surface area contributed by atoms with Gasteiger partial charge in [-0.25, -0.2) is 4.79 Å². The highest BCUT2D eigenvalue weighted by molar-refractivity contribution is 5.84. The fourth-order valence-electron chi connectivity index (χ4n) is 2.10. The van der Waals surface area contributed by atoms with Crippen LogP contribution < -0.4 is 5.32 Å². The highest BCUT2D eigenvalue weighted by atomic mass is 16.5. The van der Waals surface area contributed by atoms with Crippen molar-refractivity contribution in [2.75, 3.05) is 31.6 Å². The molecule has 0 fully saturated rings. The highest BCUT2D eigenvalue weighted by Gasteiger charge is 2.05. The smallest absolute Gasteiger partial charge is 0.411 e. The molecular formula is C16H26N2O2. The monoisotopic (exact) mass is 278 g/mol. The van der Waals surface area contributed by atoms with Crippen LogP contribution in [-0.2, 0) is 4.74 Å². The lowest BCUT2D eigenvalue weighted by atomic mass is 10.3. The number of nitrogens with one attached hydrogen (secondary N) is 1. The van der Waals surface area contributed by atoms with Gasteiger partial charge in [-0.2, -0.15) is 0 Å². The van der Waals surface area contributed by atoms with Gasteiger partial charge >= 0.3 is 6.09 Å². The molecule has 0 atom stereocenters. The Bertz CT molecular complexity index is 362. The lowest BCUT2D eigenvalue weighted by Gasteiger charge is -2.20. The van der Waals surface area contributed by atoms with E-state index in [0.717, 1.165) is 44.6 Å². The number of nitrogens with zero attached hydrogens (tertiary/aromatic N) is 1. The predicted molar refractivity (Wildman–Crippen MR) is 83.1 cm³/mol. The van der Waals surface area contributed by atoms with Gasteiger partial charge in [0.2, 0.25) is 0 Å². The van der Waals surface area contributed by atoms with E-state index in [4.69, 9.17) is 4.74 Å².